The minimum absolute atomic E-state index is 0.0549. The Labute approximate surface area is 162 Å². The lowest BCUT2D eigenvalue weighted by Crippen LogP contribution is -2.31. The molecule has 1 aromatic heterocycles. The van der Waals surface area contributed by atoms with Gasteiger partial charge in [0.15, 0.2) is 0 Å². The van der Waals surface area contributed by atoms with Crippen molar-refractivity contribution in [1.29, 1.82) is 0 Å². The number of nitrogens with zero attached hydrogens (tertiary/aromatic N) is 2. The van der Waals surface area contributed by atoms with Gasteiger partial charge in [0.25, 0.3) is 0 Å². The highest BCUT2D eigenvalue weighted by Gasteiger charge is 2.30. The molecule has 0 amide bonds. The van der Waals surface area contributed by atoms with Gasteiger partial charge in [-0.25, -0.2) is 23.9 Å². The van der Waals surface area contributed by atoms with Crippen LogP contribution in [0.2, 0.25) is 0 Å². The van der Waals surface area contributed by atoms with Crippen LogP contribution < -0.4 is 16.1 Å². The summed E-state index contributed by atoms with van der Waals surface area (Å²) in [5, 5.41) is 2.67. The van der Waals surface area contributed by atoms with Crippen LogP contribution in [-0.4, -0.2) is 21.5 Å². The number of aromatic nitrogens is 3. The lowest BCUT2D eigenvalue weighted by Gasteiger charge is -2.31. The molecule has 0 fully saturated rings. The van der Waals surface area contributed by atoms with E-state index in [9.17, 15) is 9.59 Å². The molecule has 3 aromatic rings. The number of rotatable bonds is 5. The van der Waals surface area contributed by atoms with Crippen LogP contribution in [0.3, 0.4) is 0 Å². The Balaban J connectivity index is 1.58. The Morgan fingerprint density at radius 2 is 1.75 bits per heavy atom. The number of benzene rings is 2. The molecule has 0 aliphatic heterocycles. The van der Waals surface area contributed by atoms with Gasteiger partial charge in [0.2, 0.25) is 0 Å². The number of hydrogen-bond acceptors (Lipinski definition) is 4. The molecule has 1 N–H and O–H groups in total. The molecule has 4 rings (SSSR count). The second kappa shape index (κ2) is 7.52. The van der Waals surface area contributed by atoms with Crippen molar-refractivity contribution in [3.05, 3.63) is 86.2 Å². The van der Waals surface area contributed by atoms with Crippen molar-refractivity contribution in [3.8, 4) is 5.75 Å². The van der Waals surface area contributed by atoms with Crippen molar-refractivity contribution < 1.29 is 9.47 Å². The lowest BCUT2D eigenvalue weighted by atomic mass is 9.85. The van der Waals surface area contributed by atoms with Gasteiger partial charge in [0.05, 0.1) is 25.9 Å². The van der Waals surface area contributed by atoms with Gasteiger partial charge in [-0.15, -0.1) is 0 Å². The number of H-pyrrole nitrogens is 1. The molecule has 0 bridgehead atoms. The van der Waals surface area contributed by atoms with Gasteiger partial charge in [-0.05, 0) is 41.7 Å². The van der Waals surface area contributed by atoms with Crippen molar-refractivity contribution in [2.45, 2.75) is 31.6 Å². The van der Waals surface area contributed by atoms with E-state index in [1.165, 1.54) is 11.7 Å². The zero-order valence-electron chi connectivity index (χ0n) is 15.9. The van der Waals surface area contributed by atoms with E-state index in [0.29, 0.717) is 13.0 Å². The van der Waals surface area contributed by atoms with Crippen LogP contribution >= 0.6 is 0 Å². The van der Waals surface area contributed by atoms with Gasteiger partial charge < -0.3 is 9.47 Å². The number of hydrogen-bond donors (Lipinski definition) is 1. The van der Waals surface area contributed by atoms with Gasteiger partial charge in [0, 0.05) is 7.05 Å². The minimum atomic E-state index is -0.402. The maximum absolute atomic E-state index is 12.4. The molecule has 2 aromatic carbocycles. The first-order valence-electron chi connectivity index (χ1n) is 9.29. The minimum Gasteiger partial charge on any atom is -0.497 e. The van der Waals surface area contributed by atoms with E-state index in [0.717, 1.165) is 33.4 Å². The topological polar surface area (TPSA) is 78.2 Å². The van der Waals surface area contributed by atoms with Crippen LogP contribution in [0.1, 0.15) is 41.7 Å². The summed E-state index contributed by atoms with van der Waals surface area (Å²) in [6, 6.07) is 15.6. The van der Waals surface area contributed by atoms with Gasteiger partial charge in [-0.2, -0.15) is 0 Å². The summed E-state index contributed by atoms with van der Waals surface area (Å²) >= 11 is 0. The lowest BCUT2D eigenvalue weighted by molar-refractivity contribution is 0.0240. The molecule has 1 heterocycles. The maximum atomic E-state index is 12.4. The quantitative estimate of drug-likeness (QED) is 0.737. The summed E-state index contributed by atoms with van der Waals surface area (Å²) in [6.07, 6.45) is 1.42. The van der Waals surface area contributed by atoms with E-state index < -0.39 is 5.69 Å². The van der Waals surface area contributed by atoms with Crippen molar-refractivity contribution in [3.63, 3.8) is 0 Å². The third kappa shape index (κ3) is 3.29. The normalized spacial score (nSPS) is 18.6. The summed E-state index contributed by atoms with van der Waals surface area (Å²) in [5.74, 6) is 0.817. The Kier molecular flexibility index (Phi) is 4.92. The molecule has 7 heteroatoms. The van der Waals surface area contributed by atoms with E-state index in [1.54, 1.807) is 7.11 Å². The molecule has 1 aliphatic carbocycles. The Bertz CT molecular complexity index is 1080. The number of fused-ring (bicyclic) bond motifs is 1. The van der Waals surface area contributed by atoms with Crippen LogP contribution in [0.4, 0.5) is 0 Å². The predicted octanol–water partition coefficient (Wildman–Crippen LogP) is 2.52. The summed E-state index contributed by atoms with van der Waals surface area (Å²) < 4.78 is 13.9. The average molecular weight is 381 g/mol. The summed E-state index contributed by atoms with van der Waals surface area (Å²) in [4.78, 5) is 24.2. The zero-order chi connectivity index (χ0) is 19.7. The van der Waals surface area contributed by atoms with E-state index in [4.69, 9.17) is 9.47 Å². The first-order valence-corrected chi connectivity index (χ1v) is 9.29. The first-order chi connectivity index (χ1) is 13.6. The highest BCUT2D eigenvalue weighted by Crippen LogP contribution is 2.39. The average Bonchev–Trinajstić information content (AvgIpc) is 2.99. The molecule has 0 spiro atoms. The van der Waals surface area contributed by atoms with Crippen molar-refractivity contribution in [2.24, 2.45) is 7.05 Å². The Morgan fingerprint density at radius 3 is 2.39 bits per heavy atom. The number of nitrogens with one attached hydrogen (secondary N) is 1. The van der Waals surface area contributed by atoms with Crippen molar-refractivity contribution >= 4 is 0 Å². The van der Waals surface area contributed by atoms with Crippen LogP contribution in [0.25, 0.3) is 0 Å². The monoisotopic (exact) mass is 381 g/mol. The van der Waals surface area contributed by atoms with E-state index in [1.807, 2.05) is 48.5 Å². The highest BCUT2D eigenvalue weighted by molar-refractivity contribution is 5.34. The third-order valence-corrected chi connectivity index (χ3v) is 5.34. The van der Waals surface area contributed by atoms with Gasteiger partial charge in [-0.1, -0.05) is 36.4 Å². The molecule has 0 unspecified atom stereocenters. The molecule has 1 aliphatic rings. The fourth-order valence-electron chi connectivity index (χ4n) is 3.77. The van der Waals surface area contributed by atoms with Gasteiger partial charge in [-0.3, -0.25) is 0 Å². The molecule has 146 valence electrons. The highest BCUT2D eigenvalue weighted by atomic mass is 16.5. The largest absolute Gasteiger partial charge is 0.497 e. The smallest absolute Gasteiger partial charge is 0.347 e. The van der Waals surface area contributed by atoms with Crippen molar-refractivity contribution in [2.75, 3.05) is 7.11 Å². The van der Waals surface area contributed by atoms with Crippen LogP contribution in [0.5, 0.6) is 5.75 Å². The predicted molar refractivity (Wildman–Crippen MR) is 105 cm³/mol. The SMILES string of the molecule is COc1ccc(CO[C@H]2CC[C@@H](n3[nH]c(=O)n(C)c3=O)c3ccccc32)cc1. The number of ether oxygens (including phenoxy) is 2. The van der Waals surface area contributed by atoms with Crippen LogP contribution in [0, 0.1) is 0 Å². The molecule has 28 heavy (non-hydrogen) atoms. The fraction of sp³-hybridized carbons (Fsp3) is 0.333. The summed E-state index contributed by atoms with van der Waals surface area (Å²) in [5.41, 5.74) is 2.41. The number of aromatic amines is 1. The van der Waals surface area contributed by atoms with E-state index >= 15 is 0 Å². The standard InChI is InChI=1S/C21H23N3O4/c1-23-20(25)22-24(21(23)26)18-11-12-19(17-6-4-3-5-16(17)18)28-13-14-7-9-15(27-2)10-8-14/h3-10,18-19H,11-13H2,1-2H3,(H,22,25)/t18-,19+/m1/s1. The van der Waals surface area contributed by atoms with E-state index in [2.05, 4.69) is 5.10 Å². The zero-order valence-corrected chi connectivity index (χ0v) is 15.9. The molecular formula is C21H23N3O4. The molecule has 0 radical (unpaired) electrons. The Morgan fingerprint density at radius 1 is 1.04 bits per heavy atom. The number of methoxy groups -OCH3 is 1. The first kappa shape index (κ1) is 18.3. The summed E-state index contributed by atoms with van der Waals surface area (Å²) in [7, 11) is 3.12. The third-order valence-electron chi connectivity index (χ3n) is 5.34. The summed E-state index contributed by atoms with van der Waals surface area (Å²) in [6.45, 7) is 0.496. The second-order valence-corrected chi connectivity index (χ2v) is 7.00. The fourth-order valence-corrected chi connectivity index (χ4v) is 3.77. The molecule has 0 saturated carbocycles. The van der Waals surface area contributed by atoms with Gasteiger partial charge >= 0.3 is 11.4 Å². The van der Waals surface area contributed by atoms with Crippen molar-refractivity contribution in [1.82, 2.24) is 14.3 Å². The molecule has 0 saturated heterocycles. The maximum Gasteiger partial charge on any atom is 0.347 e. The molecular weight excluding hydrogens is 358 g/mol. The van der Waals surface area contributed by atoms with Gasteiger partial charge in [0.1, 0.15) is 5.75 Å². The second-order valence-electron chi connectivity index (χ2n) is 7.00. The molecule has 7 nitrogen and oxygen atoms in total. The molecule has 2 atom stereocenters. The van der Waals surface area contributed by atoms with E-state index in [-0.39, 0.29) is 17.8 Å². The Hall–Kier alpha value is -3.06. The van der Waals surface area contributed by atoms with Crippen LogP contribution in [-0.2, 0) is 18.4 Å². The van der Waals surface area contributed by atoms with Crippen LogP contribution in [0.15, 0.2) is 58.1 Å².